The van der Waals surface area contributed by atoms with Gasteiger partial charge in [-0.2, -0.15) is 23.2 Å². The maximum absolute atomic E-state index is 12.3. The average Bonchev–Trinajstić information content (AvgIpc) is 2.36. The van der Waals surface area contributed by atoms with Gasteiger partial charge in [0.15, 0.2) is 5.66 Å². The van der Waals surface area contributed by atoms with Crippen LogP contribution in [0.1, 0.15) is 19.4 Å². The van der Waals surface area contributed by atoms with Crippen molar-refractivity contribution in [3.63, 3.8) is 0 Å². The van der Waals surface area contributed by atoms with Crippen molar-refractivity contribution in [2.24, 2.45) is 21.5 Å². The van der Waals surface area contributed by atoms with Crippen LogP contribution in [0.4, 0.5) is 13.2 Å². The third kappa shape index (κ3) is 4.76. The molecule has 1 aromatic rings. The molecule has 0 saturated heterocycles. The van der Waals surface area contributed by atoms with Crippen LogP contribution in [0.3, 0.4) is 0 Å². The first-order chi connectivity index (χ1) is 10.6. The second-order valence-electron chi connectivity index (χ2n) is 5.19. The molecule has 0 radical (unpaired) electrons. The van der Waals surface area contributed by atoms with Crippen LogP contribution in [0, 0.1) is 0 Å². The predicted octanol–water partition coefficient (Wildman–Crippen LogP) is 2.41. The smallest absolute Gasteiger partial charge is 0.368 e. The van der Waals surface area contributed by atoms with E-state index in [1.54, 1.807) is 26.0 Å². The van der Waals surface area contributed by atoms with E-state index < -0.39 is 11.2 Å². The molecule has 0 fully saturated rings. The Balaban J connectivity index is 2.00. The van der Waals surface area contributed by atoms with Gasteiger partial charge < -0.3 is 11.5 Å². The second-order valence-corrected chi connectivity index (χ2v) is 6.33. The van der Waals surface area contributed by atoms with Crippen molar-refractivity contribution in [2.75, 3.05) is 0 Å². The van der Waals surface area contributed by atoms with E-state index in [0.717, 1.165) is 0 Å². The number of nitrogens with zero attached hydrogens (tertiary/aromatic N) is 3. The van der Waals surface area contributed by atoms with Gasteiger partial charge in [0.05, 0.1) is 0 Å². The van der Waals surface area contributed by atoms with E-state index in [1.165, 1.54) is 17.2 Å². The van der Waals surface area contributed by atoms with Crippen LogP contribution in [-0.4, -0.2) is 28.2 Å². The van der Waals surface area contributed by atoms with Gasteiger partial charge in [0, 0.05) is 4.90 Å². The lowest BCUT2D eigenvalue weighted by Gasteiger charge is -2.36. The zero-order valence-corrected chi connectivity index (χ0v) is 13.3. The number of halogens is 3. The highest BCUT2D eigenvalue weighted by Crippen LogP contribution is 2.36. The van der Waals surface area contributed by atoms with Crippen LogP contribution in [0.15, 0.2) is 39.1 Å². The third-order valence-corrected chi connectivity index (χ3v) is 3.58. The van der Waals surface area contributed by atoms with Gasteiger partial charge in [0.25, 0.3) is 0 Å². The van der Waals surface area contributed by atoms with E-state index in [9.17, 15) is 13.2 Å². The van der Waals surface area contributed by atoms with Gasteiger partial charge in [-0.3, -0.25) is 4.84 Å². The molecule has 0 atom stereocenters. The van der Waals surface area contributed by atoms with Crippen molar-refractivity contribution < 1.29 is 18.0 Å². The summed E-state index contributed by atoms with van der Waals surface area (Å²) in [5.41, 5.74) is 6.85. The zero-order valence-electron chi connectivity index (χ0n) is 12.5. The van der Waals surface area contributed by atoms with E-state index in [-0.39, 0.29) is 35.2 Å². The minimum atomic E-state index is -4.31. The van der Waals surface area contributed by atoms with Crippen LogP contribution in [-0.2, 0) is 11.4 Å². The Labute approximate surface area is 135 Å². The fourth-order valence-corrected chi connectivity index (χ4v) is 2.48. The molecule has 1 aliphatic heterocycles. The first-order valence-corrected chi connectivity index (χ1v) is 7.36. The summed E-state index contributed by atoms with van der Waals surface area (Å²) in [6.45, 7) is 3.58. The Morgan fingerprint density at radius 3 is 2.35 bits per heavy atom. The fraction of sp³-hybridized carbons (Fsp3) is 0.385. The van der Waals surface area contributed by atoms with Crippen LogP contribution in [0.5, 0.6) is 0 Å². The topological polar surface area (TPSA) is 89.2 Å². The normalized spacial score (nSPS) is 17.7. The highest BCUT2D eigenvalue weighted by molar-refractivity contribution is 8.00. The SMILES string of the molecule is CC1(C)N=C(N)N=C(N)N1OCc1ccc(SC(F)(F)F)cc1. The van der Waals surface area contributed by atoms with Crippen molar-refractivity contribution in [3.05, 3.63) is 29.8 Å². The summed E-state index contributed by atoms with van der Waals surface area (Å²) in [5, 5.41) is 1.31. The Bertz CT molecular complexity index is 627. The Morgan fingerprint density at radius 1 is 1.22 bits per heavy atom. The van der Waals surface area contributed by atoms with Crippen molar-refractivity contribution in [2.45, 2.75) is 36.5 Å². The molecule has 0 unspecified atom stereocenters. The number of hydrogen-bond acceptors (Lipinski definition) is 7. The van der Waals surface area contributed by atoms with Crippen LogP contribution < -0.4 is 11.5 Å². The Morgan fingerprint density at radius 2 is 1.83 bits per heavy atom. The molecule has 6 nitrogen and oxygen atoms in total. The number of benzene rings is 1. The fourth-order valence-electron chi connectivity index (χ4n) is 1.94. The third-order valence-electron chi connectivity index (χ3n) is 2.84. The Hall–Kier alpha value is -1.94. The van der Waals surface area contributed by atoms with Gasteiger partial charge in [0.2, 0.25) is 11.9 Å². The molecule has 1 aliphatic rings. The molecule has 0 saturated carbocycles. The number of nitrogens with two attached hydrogens (primary N) is 2. The second kappa shape index (κ2) is 6.28. The summed E-state index contributed by atoms with van der Waals surface area (Å²) in [5.74, 6) is 0.118. The predicted molar refractivity (Wildman–Crippen MR) is 82.3 cm³/mol. The van der Waals surface area contributed by atoms with Gasteiger partial charge in [-0.25, -0.2) is 4.99 Å². The molecule has 0 bridgehead atoms. The minimum Gasteiger partial charge on any atom is -0.368 e. The molecule has 126 valence electrons. The summed E-state index contributed by atoms with van der Waals surface area (Å²) in [6.07, 6.45) is 0. The lowest BCUT2D eigenvalue weighted by atomic mass is 10.2. The number of rotatable bonds is 4. The molecule has 2 rings (SSSR count). The van der Waals surface area contributed by atoms with Gasteiger partial charge in [-0.05, 0) is 43.3 Å². The number of hydrogen-bond donors (Lipinski definition) is 2. The van der Waals surface area contributed by atoms with Crippen molar-refractivity contribution in [1.29, 1.82) is 0 Å². The van der Waals surface area contributed by atoms with E-state index in [2.05, 4.69) is 9.98 Å². The maximum Gasteiger partial charge on any atom is 0.446 e. The molecule has 10 heteroatoms. The van der Waals surface area contributed by atoms with Gasteiger partial charge >= 0.3 is 5.51 Å². The zero-order chi connectivity index (χ0) is 17.3. The average molecular weight is 347 g/mol. The largest absolute Gasteiger partial charge is 0.446 e. The summed E-state index contributed by atoms with van der Waals surface area (Å²) < 4.78 is 36.8. The van der Waals surface area contributed by atoms with Gasteiger partial charge in [-0.15, -0.1) is 0 Å². The van der Waals surface area contributed by atoms with Gasteiger partial charge in [0.1, 0.15) is 6.61 Å². The lowest BCUT2D eigenvalue weighted by molar-refractivity contribution is -0.166. The molecular formula is C13H16F3N5OS. The molecule has 0 spiro atoms. The van der Waals surface area contributed by atoms with Crippen molar-refractivity contribution in [1.82, 2.24) is 5.06 Å². The monoisotopic (exact) mass is 347 g/mol. The molecule has 0 amide bonds. The molecular weight excluding hydrogens is 331 g/mol. The molecule has 4 N–H and O–H groups in total. The minimum absolute atomic E-state index is 0.0564. The maximum atomic E-state index is 12.3. The summed E-state index contributed by atoms with van der Waals surface area (Å²) in [6, 6.07) is 5.86. The standard InChI is InChI=1S/C13H16F3N5OS/c1-12(2)20-10(17)19-11(18)21(12)22-7-8-3-5-9(6-4-8)23-13(14,15)16/h3-6H,7H2,1-2H3,(H4,17,18,19,20). The summed E-state index contributed by atoms with van der Waals surface area (Å²) >= 11 is -0.166. The van der Waals surface area contributed by atoms with Crippen LogP contribution in [0.25, 0.3) is 0 Å². The summed E-state index contributed by atoms with van der Waals surface area (Å²) in [7, 11) is 0. The lowest BCUT2D eigenvalue weighted by Crippen LogP contribution is -2.53. The van der Waals surface area contributed by atoms with Crippen LogP contribution in [0.2, 0.25) is 0 Å². The number of hydroxylamine groups is 2. The molecule has 1 heterocycles. The Kier molecular flexibility index (Phi) is 4.76. The van der Waals surface area contributed by atoms with E-state index >= 15 is 0 Å². The molecule has 0 aromatic heterocycles. The highest BCUT2D eigenvalue weighted by Gasteiger charge is 2.33. The van der Waals surface area contributed by atoms with E-state index in [0.29, 0.717) is 5.56 Å². The van der Waals surface area contributed by atoms with E-state index in [1.807, 2.05) is 0 Å². The quantitative estimate of drug-likeness (QED) is 0.817. The summed E-state index contributed by atoms with van der Waals surface area (Å²) in [4.78, 5) is 13.6. The van der Waals surface area contributed by atoms with Crippen molar-refractivity contribution >= 4 is 23.7 Å². The first-order valence-electron chi connectivity index (χ1n) is 6.54. The number of thioether (sulfide) groups is 1. The van der Waals surface area contributed by atoms with Gasteiger partial charge in [-0.1, -0.05) is 12.1 Å². The molecule has 23 heavy (non-hydrogen) atoms. The number of guanidine groups is 2. The molecule has 1 aromatic carbocycles. The number of alkyl halides is 3. The molecule has 0 aliphatic carbocycles. The number of aliphatic imine (C=N–C) groups is 2. The first kappa shape index (κ1) is 17.4. The van der Waals surface area contributed by atoms with Crippen LogP contribution >= 0.6 is 11.8 Å². The van der Waals surface area contributed by atoms with Crippen molar-refractivity contribution in [3.8, 4) is 0 Å². The van der Waals surface area contributed by atoms with E-state index in [4.69, 9.17) is 16.3 Å². The highest BCUT2D eigenvalue weighted by atomic mass is 32.2.